The monoisotopic (exact) mass is 273 g/mol. The first-order chi connectivity index (χ1) is 9.59. The number of benzene rings is 1. The molecule has 2 aliphatic heterocycles. The maximum Gasteiger partial charge on any atom is 0.163 e. The van der Waals surface area contributed by atoms with Gasteiger partial charge in [0.15, 0.2) is 5.79 Å². The molecule has 2 saturated heterocycles. The standard InChI is InChI=1S/C17H23NO2/c1-4-8-14-16-15(19-17(2,3)20-16)12-18(14)11-13-9-6-5-7-10-13/h4-7,9-10,14-16H,1,8,11-12H2,2-3H3/t14-,15+,16-/m0/s1. The van der Waals surface area contributed by atoms with Gasteiger partial charge in [0, 0.05) is 19.1 Å². The van der Waals surface area contributed by atoms with Crippen molar-refractivity contribution < 1.29 is 9.47 Å². The molecule has 2 aliphatic rings. The number of rotatable bonds is 4. The van der Waals surface area contributed by atoms with Crippen LogP contribution in [0.5, 0.6) is 0 Å². The van der Waals surface area contributed by atoms with E-state index < -0.39 is 5.79 Å². The summed E-state index contributed by atoms with van der Waals surface area (Å²) in [7, 11) is 0. The first kappa shape index (κ1) is 13.8. The molecular weight excluding hydrogens is 250 g/mol. The third-order valence-corrected chi connectivity index (χ3v) is 4.12. The van der Waals surface area contributed by atoms with Crippen molar-refractivity contribution >= 4 is 0 Å². The normalized spacial score (nSPS) is 32.2. The number of likely N-dealkylation sites (tertiary alicyclic amines) is 1. The lowest BCUT2D eigenvalue weighted by molar-refractivity contribution is -0.161. The molecule has 0 bridgehead atoms. The van der Waals surface area contributed by atoms with Crippen molar-refractivity contribution in [1.82, 2.24) is 4.90 Å². The fraction of sp³-hybridized carbons (Fsp3) is 0.529. The van der Waals surface area contributed by atoms with Crippen molar-refractivity contribution in [3.63, 3.8) is 0 Å². The van der Waals surface area contributed by atoms with Crippen LogP contribution in [-0.4, -0.2) is 35.5 Å². The highest BCUT2D eigenvalue weighted by molar-refractivity contribution is 5.16. The van der Waals surface area contributed by atoms with E-state index >= 15 is 0 Å². The molecule has 1 aromatic carbocycles. The summed E-state index contributed by atoms with van der Waals surface area (Å²) < 4.78 is 12.1. The van der Waals surface area contributed by atoms with Gasteiger partial charge in [-0.1, -0.05) is 36.4 Å². The van der Waals surface area contributed by atoms with Crippen molar-refractivity contribution in [2.24, 2.45) is 0 Å². The molecule has 2 fully saturated rings. The first-order valence-corrected chi connectivity index (χ1v) is 7.33. The van der Waals surface area contributed by atoms with Crippen molar-refractivity contribution in [3.8, 4) is 0 Å². The molecule has 3 heteroatoms. The fourth-order valence-corrected chi connectivity index (χ4v) is 3.36. The Bertz CT molecular complexity index is 471. The van der Waals surface area contributed by atoms with Gasteiger partial charge < -0.3 is 9.47 Å². The van der Waals surface area contributed by atoms with E-state index in [4.69, 9.17) is 9.47 Å². The lowest BCUT2D eigenvalue weighted by Gasteiger charge is -2.29. The minimum absolute atomic E-state index is 0.159. The van der Waals surface area contributed by atoms with Crippen LogP contribution in [0.4, 0.5) is 0 Å². The summed E-state index contributed by atoms with van der Waals surface area (Å²) in [4.78, 5) is 2.46. The fourth-order valence-electron chi connectivity index (χ4n) is 3.36. The Morgan fingerprint density at radius 1 is 1.30 bits per heavy atom. The highest BCUT2D eigenvalue weighted by Crippen LogP contribution is 2.38. The Morgan fingerprint density at radius 3 is 2.75 bits per heavy atom. The average molecular weight is 273 g/mol. The summed E-state index contributed by atoms with van der Waals surface area (Å²) in [6, 6.07) is 10.9. The largest absolute Gasteiger partial charge is 0.343 e. The van der Waals surface area contributed by atoms with Crippen LogP contribution in [0.25, 0.3) is 0 Å². The van der Waals surface area contributed by atoms with Gasteiger partial charge in [-0.15, -0.1) is 6.58 Å². The van der Waals surface area contributed by atoms with Crippen LogP contribution in [0.1, 0.15) is 25.8 Å². The molecule has 0 spiro atoms. The topological polar surface area (TPSA) is 21.7 Å². The van der Waals surface area contributed by atoms with Crippen LogP contribution in [0.2, 0.25) is 0 Å². The molecule has 3 atom stereocenters. The molecule has 0 unspecified atom stereocenters. The van der Waals surface area contributed by atoms with Crippen LogP contribution in [0, 0.1) is 0 Å². The molecule has 0 radical (unpaired) electrons. The van der Waals surface area contributed by atoms with Gasteiger partial charge in [0.25, 0.3) is 0 Å². The second-order valence-corrected chi connectivity index (χ2v) is 6.15. The number of nitrogens with zero attached hydrogens (tertiary/aromatic N) is 1. The predicted molar refractivity (Wildman–Crippen MR) is 79.3 cm³/mol. The molecule has 0 aromatic heterocycles. The van der Waals surface area contributed by atoms with Crippen LogP contribution >= 0.6 is 0 Å². The van der Waals surface area contributed by atoms with Crippen molar-refractivity contribution in [3.05, 3.63) is 48.6 Å². The predicted octanol–water partition coefficient (Wildman–Crippen LogP) is 2.97. The highest BCUT2D eigenvalue weighted by Gasteiger charge is 2.51. The number of fused-ring (bicyclic) bond motifs is 1. The number of hydrogen-bond donors (Lipinski definition) is 0. The molecule has 3 rings (SSSR count). The van der Waals surface area contributed by atoms with E-state index in [1.165, 1.54) is 5.56 Å². The maximum absolute atomic E-state index is 6.09. The van der Waals surface area contributed by atoms with Crippen LogP contribution in [0.3, 0.4) is 0 Å². The SMILES string of the molecule is C=CC[C@H]1[C@@H]2OC(C)(C)O[C@@H]2CN1Cc1ccccc1. The third kappa shape index (κ3) is 2.66. The second kappa shape index (κ2) is 5.32. The van der Waals surface area contributed by atoms with Gasteiger partial charge >= 0.3 is 0 Å². The summed E-state index contributed by atoms with van der Waals surface area (Å²) >= 11 is 0. The molecule has 0 aliphatic carbocycles. The lowest BCUT2D eigenvalue weighted by Crippen LogP contribution is -2.37. The van der Waals surface area contributed by atoms with E-state index in [2.05, 4.69) is 41.8 Å². The van der Waals surface area contributed by atoms with Gasteiger partial charge in [-0.2, -0.15) is 0 Å². The van der Waals surface area contributed by atoms with Crippen molar-refractivity contribution in [2.75, 3.05) is 6.54 Å². The zero-order valence-corrected chi connectivity index (χ0v) is 12.3. The van der Waals surface area contributed by atoms with Crippen molar-refractivity contribution in [2.45, 2.75) is 50.8 Å². The molecule has 20 heavy (non-hydrogen) atoms. The van der Waals surface area contributed by atoms with Gasteiger partial charge in [0.2, 0.25) is 0 Å². The Labute approximate surface area is 121 Å². The maximum atomic E-state index is 6.09. The smallest absolute Gasteiger partial charge is 0.163 e. The summed E-state index contributed by atoms with van der Waals surface area (Å²) in [5.74, 6) is -0.451. The van der Waals surface area contributed by atoms with E-state index in [0.717, 1.165) is 19.5 Å². The highest BCUT2D eigenvalue weighted by atomic mass is 16.8. The molecule has 1 aromatic rings. The summed E-state index contributed by atoms with van der Waals surface area (Å²) in [6.45, 7) is 9.76. The van der Waals surface area contributed by atoms with Gasteiger partial charge in [-0.05, 0) is 25.8 Å². The number of ether oxygens (including phenoxy) is 2. The van der Waals surface area contributed by atoms with E-state index in [-0.39, 0.29) is 12.2 Å². The zero-order valence-electron chi connectivity index (χ0n) is 12.3. The molecule has 0 saturated carbocycles. The van der Waals surface area contributed by atoms with Gasteiger partial charge in [-0.25, -0.2) is 0 Å². The van der Waals surface area contributed by atoms with Gasteiger partial charge in [-0.3, -0.25) is 4.90 Å². The first-order valence-electron chi connectivity index (χ1n) is 7.33. The average Bonchev–Trinajstić information content (AvgIpc) is 2.85. The summed E-state index contributed by atoms with van der Waals surface area (Å²) in [5, 5.41) is 0. The quantitative estimate of drug-likeness (QED) is 0.787. The molecule has 3 nitrogen and oxygen atoms in total. The molecule has 2 heterocycles. The van der Waals surface area contributed by atoms with Crippen molar-refractivity contribution in [1.29, 1.82) is 0 Å². The van der Waals surface area contributed by atoms with E-state index in [1.807, 2.05) is 19.9 Å². The number of hydrogen-bond acceptors (Lipinski definition) is 3. The molecule has 108 valence electrons. The van der Waals surface area contributed by atoms with E-state index in [9.17, 15) is 0 Å². The third-order valence-electron chi connectivity index (χ3n) is 4.12. The van der Waals surface area contributed by atoms with E-state index in [0.29, 0.717) is 6.04 Å². The summed E-state index contributed by atoms with van der Waals surface area (Å²) in [5.41, 5.74) is 1.33. The van der Waals surface area contributed by atoms with Crippen LogP contribution < -0.4 is 0 Å². The Kier molecular flexibility index (Phi) is 3.67. The molecule has 0 amide bonds. The lowest BCUT2D eigenvalue weighted by atomic mass is 10.1. The zero-order chi connectivity index (χ0) is 14.2. The minimum atomic E-state index is -0.451. The Morgan fingerprint density at radius 2 is 2.05 bits per heavy atom. The van der Waals surface area contributed by atoms with Crippen LogP contribution in [0.15, 0.2) is 43.0 Å². The van der Waals surface area contributed by atoms with E-state index in [1.54, 1.807) is 0 Å². The second-order valence-electron chi connectivity index (χ2n) is 6.15. The minimum Gasteiger partial charge on any atom is -0.343 e. The van der Waals surface area contributed by atoms with Crippen LogP contribution in [-0.2, 0) is 16.0 Å². The Hall–Kier alpha value is -1.16. The molecular formula is C17H23NO2. The summed E-state index contributed by atoms with van der Waals surface area (Å²) in [6.07, 6.45) is 3.26. The molecule has 0 N–H and O–H groups in total. The van der Waals surface area contributed by atoms with Gasteiger partial charge in [0.1, 0.15) is 12.2 Å². The van der Waals surface area contributed by atoms with Gasteiger partial charge in [0.05, 0.1) is 0 Å². The Balaban J connectivity index is 1.74.